The van der Waals surface area contributed by atoms with Crippen LogP contribution in [0, 0.1) is 5.82 Å². The van der Waals surface area contributed by atoms with Crippen molar-refractivity contribution in [3.8, 4) is 0 Å². The predicted molar refractivity (Wildman–Crippen MR) is 71.0 cm³/mol. The van der Waals surface area contributed by atoms with Crippen molar-refractivity contribution in [1.29, 1.82) is 0 Å². The first-order chi connectivity index (χ1) is 9.36. The van der Waals surface area contributed by atoms with Gasteiger partial charge < -0.3 is 15.2 Å². The molecule has 0 aromatic heterocycles. The first-order valence-electron chi connectivity index (χ1n) is 5.96. The van der Waals surface area contributed by atoms with E-state index in [9.17, 15) is 14.0 Å². The molecule has 0 radical (unpaired) electrons. The Labute approximate surface area is 120 Å². The number of hydrogen-bond donors (Lipinski definition) is 2. The predicted octanol–water partition coefficient (Wildman–Crippen LogP) is 2.15. The van der Waals surface area contributed by atoms with Gasteiger partial charge in [-0.05, 0) is 31.5 Å². The van der Waals surface area contributed by atoms with Gasteiger partial charge in [-0.3, -0.25) is 4.79 Å². The Morgan fingerprint density at radius 3 is 2.65 bits per heavy atom. The zero-order valence-electron chi connectivity index (χ0n) is 11.0. The lowest BCUT2D eigenvalue weighted by Gasteiger charge is -2.18. The van der Waals surface area contributed by atoms with Crippen molar-refractivity contribution >= 4 is 23.5 Å². The number of halogens is 2. The summed E-state index contributed by atoms with van der Waals surface area (Å²) in [7, 11) is 0. The molecule has 20 heavy (non-hydrogen) atoms. The molecule has 0 aliphatic carbocycles. The van der Waals surface area contributed by atoms with Crippen LogP contribution < -0.4 is 5.32 Å². The lowest BCUT2D eigenvalue weighted by atomic mass is 10.1. The summed E-state index contributed by atoms with van der Waals surface area (Å²) in [5, 5.41) is 11.3. The molecular weight excluding hydrogens is 289 g/mol. The maximum Gasteiger partial charge on any atom is 0.330 e. The molecule has 0 fully saturated rings. The van der Waals surface area contributed by atoms with Crippen LogP contribution in [0.1, 0.15) is 25.5 Å². The third-order valence-corrected chi connectivity index (χ3v) is 2.90. The zero-order chi connectivity index (χ0) is 15.3. The van der Waals surface area contributed by atoms with Crippen LogP contribution in [0.5, 0.6) is 0 Å². The van der Waals surface area contributed by atoms with Crippen LogP contribution in [0.3, 0.4) is 0 Å². The standard InChI is InChI=1S/C13H15ClFNO4/c1-3-20-7(2)12(17)16-11(13(18)19)8-4-5-9(14)10(15)6-8/h4-7,11H,3H2,1-2H3,(H,16,17)(H,18,19). The molecule has 0 heterocycles. The number of benzene rings is 1. The van der Waals surface area contributed by atoms with E-state index in [1.54, 1.807) is 6.92 Å². The Bertz CT molecular complexity index is 509. The Morgan fingerprint density at radius 1 is 1.50 bits per heavy atom. The van der Waals surface area contributed by atoms with E-state index in [1.165, 1.54) is 19.1 Å². The van der Waals surface area contributed by atoms with Crippen molar-refractivity contribution in [2.45, 2.75) is 26.0 Å². The highest BCUT2D eigenvalue weighted by atomic mass is 35.5. The number of aliphatic carboxylic acids is 1. The number of carboxylic acid groups (broad SMARTS) is 1. The van der Waals surface area contributed by atoms with Gasteiger partial charge >= 0.3 is 5.97 Å². The molecule has 1 amide bonds. The Balaban J connectivity index is 2.92. The average Bonchev–Trinajstić information content (AvgIpc) is 2.39. The molecule has 2 unspecified atom stereocenters. The van der Waals surface area contributed by atoms with E-state index in [-0.39, 0.29) is 10.6 Å². The SMILES string of the molecule is CCOC(C)C(=O)NC(C(=O)O)c1ccc(Cl)c(F)c1. The number of hydrogen-bond acceptors (Lipinski definition) is 3. The minimum atomic E-state index is -1.36. The number of carbonyl (C=O) groups is 2. The number of nitrogens with one attached hydrogen (secondary N) is 1. The normalized spacial score (nSPS) is 13.6. The topological polar surface area (TPSA) is 75.6 Å². The maximum atomic E-state index is 13.4. The molecule has 5 nitrogen and oxygen atoms in total. The Kier molecular flexibility index (Phi) is 5.91. The molecular formula is C13H15ClFNO4. The number of ether oxygens (including phenoxy) is 1. The molecule has 0 spiro atoms. The highest BCUT2D eigenvalue weighted by Gasteiger charge is 2.25. The quantitative estimate of drug-likeness (QED) is 0.844. The summed E-state index contributed by atoms with van der Waals surface area (Å²) >= 11 is 5.53. The van der Waals surface area contributed by atoms with Gasteiger partial charge in [0.2, 0.25) is 5.91 Å². The van der Waals surface area contributed by atoms with Gasteiger partial charge in [-0.25, -0.2) is 9.18 Å². The molecule has 1 rings (SSSR count). The molecule has 0 aliphatic rings. The Morgan fingerprint density at radius 2 is 2.15 bits per heavy atom. The molecule has 2 atom stereocenters. The summed E-state index contributed by atoms with van der Waals surface area (Å²) in [6.07, 6.45) is -0.793. The molecule has 110 valence electrons. The zero-order valence-corrected chi connectivity index (χ0v) is 11.8. The minimum absolute atomic E-state index is 0.0939. The van der Waals surface area contributed by atoms with Gasteiger partial charge in [-0.1, -0.05) is 17.7 Å². The summed E-state index contributed by atoms with van der Waals surface area (Å²) in [5.41, 5.74) is 0.0939. The van der Waals surface area contributed by atoms with Crippen molar-refractivity contribution in [2.75, 3.05) is 6.61 Å². The number of amides is 1. The van der Waals surface area contributed by atoms with Gasteiger partial charge in [-0.2, -0.15) is 0 Å². The van der Waals surface area contributed by atoms with Crippen LogP contribution in [0.4, 0.5) is 4.39 Å². The molecule has 0 saturated carbocycles. The summed E-state index contributed by atoms with van der Waals surface area (Å²) in [5.74, 6) is -2.64. The molecule has 2 N–H and O–H groups in total. The minimum Gasteiger partial charge on any atom is -0.479 e. The second-order valence-electron chi connectivity index (χ2n) is 4.05. The van der Waals surface area contributed by atoms with Gasteiger partial charge in [0.1, 0.15) is 11.9 Å². The molecule has 1 aromatic rings. The molecule has 0 aliphatic heterocycles. The lowest BCUT2D eigenvalue weighted by Crippen LogP contribution is -2.40. The largest absolute Gasteiger partial charge is 0.479 e. The monoisotopic (exact) mass is 303 g/mol. The lowest BCUT2D eigenvalue weighted by molar-refractivity contribution is -0.144. The first-order valence-corrected chi connectivity index (χ1v) is 6.34. The summed E-state index contributed by atoms with van der Waals surface area (Å²) < 4.78 is 18.4. The maximum absolute atomic E-state index is 13.4. The highest BCUT2D eigenvalue weighted by Crippen LogP contribution is 2.20. The van der Waals surface area contributed by atoms with Gasteiger partial charge in [0.05, 0.1) is 5.02 Å². The number of carbonyl (C=O) groups excluding carboxylic acids is 1. The molecule has 1 aromatic carbocycles. The second kappa shape index (κ2) is 7.21. The van der Waals surface area contributed by atoms with Crippen LogP contribution in [0.2, 0.25) is 5.02 Å². The fraction of sp³-hybridized carbons (Fsp3) is 0.385. The van der Waals surface area contributed by atoms with Crippen molar-refractivity contribution < 1.29 is 23.8 Å². The van der Waals surface area contributed by atoms with Crippen molar-refractivity contribution in [2.24, 2.45) is 0 Å². The van der Waals surface area contributed by atoms with E-state index in [0.717, 1.165) is 6.07 Å². The van der Waals surface area contributed by atoms with Crippen molar-refractivity contribution in [3.63, 3.8) is 0 Å². The van der Waals surface area contributed by atoms with E-state index in [2.05, 4.69) is 5.32 Å². The fourth-order valence-electron chi connectivity index (χ4n) is 1.56. The average molecular weight is 304 g/mol. The van der Waals surface area contributed by atoms with E-state index < -0.39 is 29.8 Å². The van der Waals surface area contributed by atoms with E-state index >= 15 is 0 Å². The summed E-state index contributed by atoms with van der Waals surface area (Å²) in [4.78, 5) is 23.0. The van der Waals surface area contributed by atoms with Crippen molar-refractivity contribution in [3.05, 3.63) is 34.6 Å². The second-order valence-corrected chi connectivity index (χ2v) is 4.46. The molecule has 7 heteroatoms. The molecule has 0 saturated heterocycles. The van der Waals surface area contributed by atoms with Gasteiger partial charge in [0, 0.05) is 6.61 Å². The third-order valence-electron chi connectivity index (χ3n) is 2.60. The van der Waals surface area contributed by atoms with Crippen LogP contribution in [-0.4, -0.2) is 29.7 Å². The van der Waals surface area contributed by atoms with E-state index in [4.69, 9.17) is 21.4 Å². The van der Waals surface area contributed by atoms with E-state index in [0.29, 0.717) is 6.61 Å². The summed E-state index contributed by atoms with van der Waals surface area (Å²) in [6, 6.07) is 2.19. The smallest absolute Gasteiger partial charge is 0.330 e. The van der Waals surface area contributed by atoms with Crippen LogP contribution in [0.25, 0.3) is 0 Å². The molecule has 0 bridgehead atoms. The number of carboxylic acids is 1. The van der Waals surface area contributed by atoms with Crippen LogP contribution >= 0.6 is 11.6 Å². The first kappa shape index (κ1) is 16.4. The van der Waals surface area contributed by atoms with Crippen LogP contribution in [0.15, 0.2) is 18.2 Å². The fourth-order valence-corrected chi connectivity index (χ4v) is 1.68. The summed E-state index contributed by atoms with van der Waals surface area (Å²) in [6.45, 7) is 3.54. The van der Waals surface area contributed by atoms with Crippen molar-refractivity contribution in [1.82, 2.24) is 5.32 Å². The Hall–Kier alpha value is -1.66. The van der Waals surface area contributed by atoms with Gasteiger partial charge in [0.15, 0.2) is 6.04 Å². The van der Waals surface area contributed by atoms with E-state index in [1.807, 2.05) is 0 Å². The van der Waals surface area contributed by atoms with Crippen LogP contribution in [-0.2, 0) is 14.3 Å². The third kappa shape index (κ3) is 4.18. The highest BCUT2D eigenvalue weighted by molar-refractivity contribution is 6.30. The van der Waals surface area contributed by atoms with Gasteiger partial charge in [-0.15, -0.1) is 0 Å². The van der Waals surface area contributed by atoms with Gasteiger partial charge in [0.25, 0.3) is 0 Å². The number of rotatable bonds is 6.